The summed E-state index contributed by atoms with van der Waals surface area (Å²) in [5, 5.41) is 4.15. The Morgan fingerprint density at radius 3 is 2.45 bits per heavy atom. The molecule has 0 unspecified atom stereocenters. The summed E-state index contributed by atoms with van der Waals surface area (Å²) in [6.45, 7) is 2.44. The molecule has 6 nitrogen and oxygen atoms in total. The van der Waals surface area contributed by atoms with Gasteiger partial charge in [0.25, 0.3) is 0 Å². The number of pyridine rings is 1. The molecule has 0 amide bonds. The quantitative estimate of drug-likeness (QED) is 0.629. The van der Waals surface area contributed by atoms with Crippen LogP contribution in [0.5, 0.6) is 17.2 Å². The number of rotatable bonds is 7. The molecule has 1 aromatic heterocycles. The lowest BCUT2D eigenvalue weighted by Gasteiger charge is -2.14. The number of benzene rings is 1. The second kappa shape index (κ2) is 7.87. The van der Waals surface area contributed by atoms with Gasteiger partial charge in [0.05, 0.1) is 27.0 Å². The molecule has 0 saturated carbocycles. The van der Waals surface area contributed by atoms with Gasteiger partial charge in [0, 0.05) is 11.8 Å². The van der Waals surface area contributed by atoms with Crippen molar-refractivity contribution >= 4 is 12.0 Å². The van der Waals surface area contributed by atoms with Gasteiger partial charge in [0.1, 0.15) is 5.82 Å². The van der Waals surface area contributed by atoms with Gasteiger partial charge in [0.15, 0.2) is 11.5 Å². The SMILES string of the molecule is CCOc1c(OC)cc(/C=N/Nc2ccccn2)cc1OC. The van der Waals surface area contributed by atoms with Gasteiger partial charge in [-0.05, 0) is 31.2 Å². The summed E-state index contributed by atoms with van der Waals surface area (Å²) in [5.74, 6) is 2.45. The van der Waals surface area contributed by atoms with Crippen molar-refractivity contribution < 1.29 is 14.2 Å². The van der Waals surface area contributed by atoms with Gasteiger partial charge in [-0.2, -0.15) is 5.10 Å². The average Bonchev–Trinajstić information content (AvgIpc) is 2.56. The van der Waals surface area contributed by atoms with E-state index in [0.717, 1.165) is 5.56 Å². The molecule has 1 N–H and O–H groups in total. The summed E-state index contributed by atoms with van der Waals surface area (Å²) < 4.78 is 16.3. The predicted octanol–water partition coefficient (Wildman–Crippen LogP) is 2.94. The number of hydrogen-bond acceptors (Lipinski definition) is 6. The third-order valence-electron chi connectivity index (χ3n) is 2.83. The zero-order chi connectivity index (χ0) is 15.8. The second-order valence-corrected chi connectivity index (χ2v) is 4.27. The van der Waals surface area contributed by atoms with E-state index in [9.17, 15) is 0 Å². The van der Waals surface area contributed by atoms with E-state index >= 15 is 0 Å². The molecule has 2 aromatic rings. The first-order valence-electron chi connectivity index (χ1n) is 6.87. The molecular weight excluding hydrogens is 282 g/mol. The number of hydrazone groups is 1. The maximum absolute atomic E-state index is 5.56. The van der Waals surface area contributed by atoms with E-state index in [1.54, 1.807) is 26.6 Å². The van der Waals surface area contributed by atoms with E-state index in [1.165, 1.54) is 0 Å². The van der Waals surface area contributed by atoms with E-state index in [2.05, 4.69) is 15.5 Å². The molecule has 0 fully saturated rings. The molecule has 1 aromatic carbocycles. The number of aromatic nitrogens is 1. The summed E-state index contributed by atoms with van der Waals surface area (Å²) >= 11 is 0. The molecule has 0 radical (unpaired) electrons. The molecule has 0 saturated heterocycles. The highest BCUT2D eigenvalue weighted by atomic mass is 16.5. The summed E-state index contributed by atoms with van der Waals surface area (Å²) in [6.07, 6.45) is 3.36. The van der Waals surface area contributed by atoms with E-state index < -0.39 is 0 Å². The molecule has 116 valence electrons. The zero-order valence-corrected chi connectivity index (χ0v) is 12.9. The Balaban J connectivity index is 2.20. The van der Waals surface area contributed by atoms with Crippen molar-refractivity contribution in [3.05, 3.63) is 42.1 Å². The van der Waals surface area contributed by atoms with E-state index in [0.29, 0.717) is 29.7 Å². The summed E-state index contributed by atoms with van der Waals surface area (Å²) in [5.41, 5.74) is 3.67. The van der Waals surface area contributed by atoms with Gasteiger partial charge in [-0.3, -0.25) is 5.43 Å². The van der Waals surface area contributed by atoms with Crippen molar-refractivity contribution in [1.82, 2.24) is 4.98 Å². The minimum atomic E-state index is 0.529. The predicted molar refractivity (Wildman–Crippen MR) is 86.2 cm³/mol. The Kier molecular flexibility index (Phi) is 5.59. The van der Waals surface area contributed by atoms with Crippen LogP contribution in [0.4, 0.5) is 5.82 Å². The molecule has 22 heavy (non-hydrogen) atoms. The lowest BCUT2D eigenvalue weighted by Crippen LogP contribution is -2.00. The summed E-state index contributed by atoms with van der Waals surface area (Å²) in [6, 6.07) is 9.22. The van der Waals surface area contributed by atoms with Crippen LogP contribution in [-0.4, -0.2) is 32.0 Å². The van der Waals surface area contributed by atoms with Crippen LogP contribution in [0.2, 0.25) is 0 Å². The molecule has 0 aliphatic carbocycles. The largest absolute Gasteiger partial charge is 0.493 e. The summed E-state index contributed by atoms with van der Waals surface area (Å²) in [7, 11) is 3.18. The van der Waals surface area contributed by atoms with Crippen molar-refractivity contribution in [3.63, 3.8) is 0 Å². The van der Waals surface area contributed by atoms with Crippen LogP contribution in [0, 0.1) is 0 Å². The minimum Gasteiger partial charge on any atom is -0.493 e. The minimum absolute atomic E-state index is 0.529. The number of nitrogens with zero attached hydrogens (tertiary/aromatic N) is 2. The van der Waals surface area contributed by atoms with Gasteiger partial charge in [0.2, 0.25) is 5.75 Å². The van der Waals surface area contributed by atoms with Crippen LogP contribution < -0.4 is 19.6 Å². The summed E-state index contributed by atoms with van der Waals surface area (Å²) in [4.78, 5) is 4.12. The Morgan fingerprint density at radius 1 is 1.18 bits per heavy atom. The van der Waals surface area contributed by atoms with E-state index in [-0.39, 0.29) is 0 Å². The molecule has 0 aliphatic heterocycles. The highest BCUT2D eigenvalue weighted by molar-refractivity contribution is 5.82. The monoisotopic (exact) mass is 301 g/mol. The lowest BCUT2D eigenvalue weighted by atomic mass is 10.2. The first kappa shape index (κ1) is 15.6. The Hall–Kier alpha value is -2.76. The van der Waals surface area contributed by atoms with Crippen LogP contribution in [0.25, 0.3) is 0 Å². The fourth-order valence-corrected chi connectivity index (χ4v) is 1.86. The topological polar surface area (TPSA) is 65.0 Å². The van der Waals surface area contributed by atoms with Gasteiger partial charge >= 0.3 is 0 Å². The maximum atomic E-state index is 5.56. The highest BCUT2D eigenvalue weighted by Gasteiger charge is 2.13. The molecule has 0 spiro atoms. The fraction of sp³-hybridized carbons (Fsp3) is 0.250. The number of ether oxygens (including phenoxy) is 3. The van der Waals surface area contributed by atoms with Crippen molar-refractivity contribution in [3.8, 4) is 17.2 Å². The van der Waals surface area contributed by atoms with Gasteiger partial charge in [-0.1, -0.05) is 6.07 Å². The molecule has 6 heteroatoms. The van der Waals surface area contributed by atoms with Crippen LogP contribution in [-0.2, 0) is 0 Å². The van der Waals surface area contributed by atoms with Crippen molar-refractivity contribution in [1.29, 1.82) is 0 Å². The fourth-order valence-electron chi connectivity index (χ4n) is 1.86. The first-order chi connectivity index (χ1) is 10.8. The Labute approximate surface area is 129 Å². The average molecular weight is 301 g/mol. The van der Waals surface area contributed by atoms with Crippen molar-refractivity contribution in [2.75, 3.05) is 26.3 Å². The molecule has 0 aliphatic rings. The molecule has 1 heterocycles. The van der Waals surface area contributed by atoms with E-state index in [1.807, 2.05) is 37.3 Å². The Bertz CT molecular complexity index is 605. The van der Waals surface area contributed by atoms with Crippen LogP contribution in [0.15, 0.2) is 41.6 Å². The zero-order valence-electron chi connectivity index (χ0n) is 12.9. The standard InChI is InChI=1S/C16H19N3O3/c1-4-22-16-13(20-2)9-12(10-14(16)21-3)11-18-19-15-7-5-6-8-17-15/h5-11H,4H2,1-3H3,(H,17,19)/b18-11+. The molecule has 2 rings (SSSR count). The first-order valence-corrected chi connectivity index (χ1v) is 6.87. The second-order valence-electron chi connectivity index (χ2n) is 4.27. The smallest absolute Gasteiger partial charge is 0.203 e. The number of hydrogen-bond donors (Lipinski definition) is 1. The number of methoxy groups -OCH3 is 2. The third kappa shape index (κ3) is 3.88. The molecule has 0 atom stereocenters. The third-order valence-corrected chi connectivity index (χ3v) is 2.83. The van der Waals surface area contributed by atoms with E-state index in [4.69, 9.17) is 14.2 Å². The lowest BCUT2D eigenvalue weighted by molar-refractivity contribution is 0.288. The number of nitrogens with one attached hydrogen (secondary N) is 1. The molecular formula is C16H19N3O3. The Morgan fingerprint density at radius 2 is 1.91 bits per heavy atom. The van der Waals surface area contributed by atoms with Gasteiger partial charge in [-0.25, -0.2) is 4.98 Å². The van der Waals surface area contributed by atoms with Crippen molar-refractivity contribution in [2.24, 2.45) is 5.10 Å². The normalized spacial score (nSPS) is 10.5. The maximum Gasteiger partial charge on any atom is 0.203 e. The highest BCUT2D eigenvalue weighted by Crippen LogP contribution is 2.38. The van der Waals surface area contributed by atoms with Gasteiger partial charge < -0.3 is 14.2 Å². The molecule has 0 bridgehead atoms. The van der Waals surface area contributed by atoms with Crippen LogP contribution >= 0.6 is 0 Å². The van der Waals surface area contributed by atoms with Gasteiger partial charge in [-0.15, -0.1) is 0 Å². The van der Waals surface area contributed by atoms with Crippen LogP contribution in [0.1, 0.15) is 12.5 Å². The van der Waals surface area contributed by atoms with Crippen LogP contribution in [0.3, 0.4) is 0 Å². The number of anilines is 1. The van der Waals surface area contributed by atoms with Crippen molar-refractivity contribution in [2.45, 2.75) is 6.92 Å².